The molecule has 0 unspecified atom stereocenters. The van der Waals surface area contributed by atoms with Gasteiger partial charge >= 0.3 is 0 Å². The minimum Gasteiger partial charge on any atom is -0.507 e. The highest BCUT2D eigenvalue weighted by molar-refractivity contribution is 9.10. The number of fused-ring (bicyclic) bond motifs is 1. The second-order valence-corrected chi connectivity index (χ2v) is 6.56. The van der Waals surface area contributed by atoms with Gasteiger partial charge in [-0.1, -0.05) is 0 Å². The van der Waals surface area contributed by atoms with Gasteiger partial charge in [0.05, 0.1) is 10.7 Å². The molecule has 134 valence electrons. The molecule has 0 aliphatic carbocycles. The molecule has 4 rings (SSSR count). The van der Waals surface area contributed by atoms with Crippen LogP contribution in [0.2, 0.25) is 0 Å². The van der Waals surface area contributed by atoms with Crippen LogP contribution in [-0.4, -0.2) is 16.0 Å². The number of phenols is 1. The Hall–Kier alpha value is -3.32. The monoisotopic (exact) mass is 424 g/mol. The van der Waals surface area contributed by atoms with Gasteiger partial charge < -0.3 is 19.3 Å². The maximum atomic E-state index is 12.0. The molecule has 4 aromatic rings. The van der Waals surface area contributed by atoms with Crippen molar-refractivity contribution in [1.29, 1.82) is 0 Å². The Balaban J connectivity index is 1.55. The summed E-state index contributed by atoms with van der Waals surface area (Å²) in [6.45, 7) is 0. The third-order valence-corrected chi connectivity index (χ3v) is 4.43. The number of phenolic OH excluding ortho intramolecular Hbond substituents is 1. The van der Waals surface area contributed by atoms with Gasteiger partial charge in [0.1, 0.15) is 17.0 Å². The number of amides is 1. The van der Waals surface area contributed by atoms with Crippen LogP contribution in [0.3, 0.4) is 0 Å². The van der Waals surface area contributed by atoms with E-state index in [9.17, 15) is 9.90 Å². The van der Waals surface area contributed by atoms with Crippen molar-refractivity contribution in [3.63, 3.8) is 0 Å². The van der Waals surface area contributed by atoms with Crippen molar-refractivity contribution < 1.29 is 18.7 Å². The Morgan fingerprint density at radius 3 is 2.85 bits per heavy atom. The predicted molar refractivity (Wildman–Crippen MR) is 105 cm³/mol. The van der Waals surface area contributed by atoms with Crippen molar-refractivity contribution in [2.75, 3.05) is 5.32 Å². The van der Waals surface area contributed by atoms with Crippen LogP contribution in [0.25, 0.3) is 28.6 Å². The Kier molecular flexibility index (Phi) is 4.52. The van der Waals surface area contributed by atoms with Gasteiger partial charge in [0.15, 0.2) is 5.58 Å². The van der Waals surface area contributed by atoms with Crippen LogP contribution >= 0.6 is 15.9 Å². The molecule has 0 aliphatic heterocycles. The predicted octanol–water partition coefficient (Wildman–Crippen LogP) is 5.21. The van der Waals surface area contributed by atoms with Crippen LogP contribution in [0.1, 0.15) is 5.76 Å². The van der Waals surface area contributed by atoms with Gasteiger partial charge in [0, 0.05) is 17.3 Å². The molecule has 2 N–H and O–H groups in total. The molecule has 2 aromatic carbocycles. The minimum absolute atomic E-state index is 0.141. The van der Waals surface area contributed by atoms with E-state index < -0.39 is 0 Å². The second kappa shape index (κ2) is 7.13. The molecule has 0 radical (unpaired) electrons. The van der Waals surface area contributed by atoms with Gasteiger partial charge in [0.25, 0.3) is 0 Å². The standard InChI is InChI=1S/C20H13BrN2O4/c21-15-10-12(3-6-17(15)24)20-23-16-11-13(4-7-18(16)27-20)22-19(25)8-5-14-2-1-9-26-14/h1-11,24H,(H,22,25)/b8-5+. The average molecular weight is 425 g/mol. The maximum Gasteiger partial charge on any atom is 0.248 e. The van der Waals surface area contributed by atoms with E-state index in [1.165, 1.54) is 6.08 Å². The molecule has 2 aromatic heterocycles. The number of hydrogen-bond donors (Lipinski definition) is 2. The van der Waals surface area contributed by atoms with Crippen molar-refractivity contribution in [2.45, 2.75) is 0 Å². The summed E-state index contributed by atoms with van der Waals surface area (Å²) in [5, 5.41) is 12.4. The summed E-state index contributed by atoms with van der Waals surface area (Å²) in [5.41, 5.74) is 2.53. The van der Waals surface area contributed by atoms with E-state index >= 15 is 0 Å². The van der Waals surface area contributed by atoms with Crippen molar-refractivity contribution in [2.24, 2.45) is 0 Å². The molecule has 0 atom stereocenters. The number of nitrogens with one attached hydrogen (secondary N) is 1. The van der Waals surface area contributed by atoms with Gasteiger partial charge in [-0.05, 0) is 70.5 Å². The largest absolute Gasteiger partial charge is 0.507 e. The smallest absolute Gasteiger partial charge is 0.248 e. The molecular formula is C20H13BrN2O4. The number of halogens is 1. The second-order valence-electron chi connectivity index (χ2n) is 5.71. The molecule has 0 fully saturated rings. The molecule has 0 saturated carbocycles. The number of anilines is 1. The first-order chi connectivity index (χ1) is 13.1. The highest BCUT2D eigenvalue weighted by Crippen LogP contribution is 2.31. The number of aromatic nitrogens is 1. The summed E-state index contributed by atoms with van der Waals surface area (Å²) in [6, 6.07) is 13.7. The summed E-state index contributed by atoms with van der Waals surface area (Å²) < 4.78 is 11.5. The number of furan rings is 1. The van der Waals surface area contributed by atoms with Crippen LogP contribution in [0.15, 0.2) is 74.2 Å². The summed E-state index contributed by atoms with van der Waals surface area (Å²) in [6.07, 6.45) is 4.52. The number of rotatable bonds is 4. The van der Waals surface area contributed by atoms with E-state index in [0.717, 1.165) is 5.56 Å². The normalized spacial score (nSPS) is 11.3. The zero-order valence-electron chi connectivity index (χ0n) is 13.8. The van der Waals surface area contributed by atoms with E-state index in [4.69, 9.17) is 8.83 Å². The lowest BCUT2D eigenvalue weighted by atomic mass is 10.2. The molecule has 0 bridgehead atoms. The van der Waals surface area contributed by atoms with Gasteiger partial charge in [-0.25, -0.2) is 4.98 Å². The van der Waals surface area contributed by atoms with E-state index in [2.05, 4.69) is 26.2 Å². The van der Waals surface area contributed by atoms with Crippen LogP contribution in [0.5, 0.6) is 5.75 Å². The molecule has 0 aliphatic rings. The van der Waals surface area contributed by atoms with Crippen LogP contribution in [0.4, 0.5) is 5.69 Å². The van der Waals surface area contributed by atoms with E-state index in [0.29, 0.717) is 32.9 Å². The first-order valence-electron chi connectivity index (χ1n) is 8.00. The molecule has 27 heavy (non-hydrogen) atoms. The lowest BCUT2D eigenvalue weighted by Crippen LogP contribution is -2.07. The molecule has 0 saturated heterocycles. The van der Waals surface area contributed by atoms with Gasteiger partial charge in [-0.15, -0.1) is 0 Å². The lowest BCUT2D eigenvalue weighted by Gasteiger charge is -2.00. The van der Waals surface area contributed by atoms with Crippen molar-refractivity contribution in [3.8, 4) is 17.2 Å². The number of carbonyl (C=O) groups excluding carboxylic acids is 1. The zero-order valence-corrected chi connectivity index (χ0v) is 15.4. The molecule has 7 heteroatoms. The van der Waals surface area contributed by atoms with Gasteiger partial charge in [-0.2, -0.15) is 0 Å². The fourth-order valence-electron chi connectivity index (χ4n) is 2.50. The number of nitrogens with zero attached hydrogens (tertiary/aromatic N) is 1. The Bertz CT molecular complexity index is 1150. The number of aromatic hydroxyl groups is 1. The molecule has 6 nitrogen and oxygen atoms in total. The fourth-order valence-corrected chi connectivity index (χ4v) is 2.88. The van der Waals surface area contributed by atoms with E-state index in [1.807, 2.05) is 0 Å². The first-order valence-corrected chi connectivity index (χ1v) is 8.80. The van der Waals surface area contributed by atoms with Crippen LogP contribution in [0, 0.1) is 0 Å². The fraction of sp³-hybridized carbons (Fsp3) is 0. The first kappa shape index (κ1) is 17.1. The van der Waals surface area contributed by atoms with Gasteiger partial charge in [0.2, 0.25) is 11.8 Å². The lowest BCUT2D eigenvalue weighted by molar-refractivity contribution is -0.111. The van der Waals surface area contributed by atoms with Crippen molar-refractivity contribution in [3.05, 3.63) is 71.1 Å². The highest BCUT2D eigenvalue weighted by Gasteiger charge is 2.11. The van der Waals surface area contributed by atoms with Crippen LogP contribution in [-0.2, 0) is 4.79 Å². The quantitative estimate of drug-likeness (QED) is 0.439. The van der Waals surface area contributed by atoms with E-state index in [1.54, 1.807) is 60.9 Å². The summed E-state index contributed by atoms with van der Waals surface area (Å²) in [7, 11) is 0. The van der Waals surface area contributed by atoms with Crippen molar-refractivity contribution >= 4 is 44.7 Å². The van der Waals surface area contributed by atoms with E-state index in [-0.39, 0.29) is 11.7 Å². The molecule has 0 spiro atoms. The molecule has 1 amide bonds. The van der Waals surface area contributed by atoms with Crippen molar-refractivity contribution in [1.82, 2.24) is 4.98 Å². The maximum absolute atomic E-state index is 12.0. The minimum atomic E-state index is -0.281. The number of oxazole rings is 1. The number of benzene rings is 2. The average Bonchev–Trinajstić information content (AvgIpc) is 3.31. The zero-order chi connectivity index (χ0) is 18.8. The SMILES string of the molecule is O=C(/C=C/c1ccco1)Nc1ccc2oc(-c3ccc(O)c(Br)c3)nc2c1. The topological polar surface area (TPSA) is 88.5 Å². The molecular weight excluding hydrogens is 412 g/mol. The Morgan fingerprint density at radius 1 is 1.19 bits per heavy atom. The number of hydrogen-bond acceptors (Lipinski definition) is 5. The summed E-state index contributed by atoms with van der Waals surface area (Å²) in [4.78, 5) is 16.5. The summed E-state index contributed by atoms with van der Waals surface area (Å²) in [5.74, 6) is 0.882. The van der Waals surface area contributed by atoms with Gasteiger partial charge in [-0.3, -0.25) is 4.79 Å². The third kappa shape index (κ3) is 3.78. The Morgan fingerprint density at radius 2 is 2.07 bits per heavy atom. The molecule has 2 heterocycles. The summed E-state index contributed by atoms with van der Waals surface area (Å²) >= 11 is 3.27. The Labute approximate surface area is 162 Å². The van der Waals surface area contributed by atoms with Crippen LogP contribution < -0.4 is 5.32 Å². The third-order valence-electron chi connectivity index (χ3n) is 3.79. The highest BCUT2D eigenvalue weighted by atomic mass is 79.9. The number of carbonyl (C=O) groups is 1.